The summed E-state index contributed by atoms with van der Waals surface area (Å²) in [6.45, 7) is 0. The van der Waals surface area contributed by atoms with Crippen LogP contribution in [-0.2, 0) is 24.3 Å². The highest BCUT2D eigenvalue weighted by molar-refractivity contribution is 5.76. The largest absolute Gasteiger partial charge is 0.510 e. The van der Waals surface area contributed by atoms with Gasteiger partial charge in [0, 0.05) is 0 Å². The van der Waals surface area contributed by atoms with Crippen molar-refractivity contribution in [3.63, 3.8) is 0 Å². The maximum absolute atomic E-state index is 10.1. The fourth-order valence-electron chi connectivity index (χ4n) is 0.360. The van der Waals surface area contributed by atoms with Gasteiger partial charge >= 0.3 is 18.1 Å². The van der Waals surface area contributed by atoms with Gasteiger partial charge < -0.3 is 14.9 Å². The van der Waals surface area contributed by atoms with E-state index in [1.165, 1.54) is 0 Å². The lowest BCUT2D eigenvalue weighted by Crippen LogP contribution is -2.55. The van der Waals surface area contributed by atoms with Crippen LogP contribution in [0.3, 0.4) is 0 Å². The second-order valence-electron chi connectivity index (χ2n) is 1.46. The molecule has 8 heteroatoms. The van der Waals surface area contributed by atoms with Crippen LogP contribution in [0.2, 0.25) is 0 Å². The Balaban J connectivity index is 2.61. The zero-order valence-electron chi connectivity index (χ0n) is 4.84. The summed E-state index contributed by atoms with van der Waals surface area (Å²) >= 11 is 0. The Labute approximate surface area is 58.7 Å². The maximum atomic E-state index is 10.1. The van der Waals surface area contributed by atoms with Crippen molar-refractivity contribution in [2.24, 2.45) is 0 Å². The Morgan fingerprint density at radius 3 is 1.91 bits per heavy atom. The number of rotatable bonds is 2. The quantitative estimate of drug-likeness (QED) is 0.409. The maximum Gasteiger partial charge on any atom is 0.510 e. The highest BCUT2D eigenvalue weighted by Crippen LogP contribution is 2.25. The minimum Gasteiger partial charge on any atom is -0.474 e. The summed E-state index contributed by atoms with van der Waals surface area (Å²) in [7, 11) is 0. The van der Waals surface area contributed by atoms with Crippen LogP contribution in [0.5, 0.6) is 0 Å². The first-order valence-electron chi connectivity index (χ1n) is 2.26. The van der Waals surface area contributed by atoms with Gasteiger partial charge in [-0.25, -0.2) is 9.59 Å². The summed E-state index contributed by atoms with van der Waals surface area (Å²) in [6.07, 6.45) is -1.85. The number of hydrogen-bond acceptors (Lipinski definition) is 6. The van der Waals surface area contributed by atoms with Crippen LogP contribution in [0.4, 0.5) is 4.79 Å². The molecule has 0 aromatic rings. The number of aliphatic carboxylic acids is 1. The first-order chi connectivity index (χ1) is 5.07. The van der Waals surface area contributed by atoms with Crippen LogP contribution >= 0.6 is 0 Å². The number of carbonyl (C=O) groups is 2. The number of carboxylic acids is 1. The fraction of sp³-hybridized carbons (Fsp3) is 0.333. The molecule has 1 fully saturated rings. The van der Waals surface area contributed by atoms with E-state index in [1.807, 2.05) is 0 Å². The monoisotopic (exact) mass is 166 g/mol. The molecule has 1 aliphatic heterocycles. The number of ether oxygens (including phenoxy) is 1. The molecule has 1 saturated heterocycles. The van der Waals surface area contributed by atoms with Crippen LogP contribution in [0.25, 0.3) is 0 Å². The van der Waals surface area contributed by atoms with E-state index < -0.39 is 18.1 Å². The Hall–Kier alpha value is -1.38. The van der Waals surface area contributed by atoms with Crippen molar-refractivity contribution < 1.29 is 39.4 Å². The van der Waals surface area contributed by atoms with Gasteiger partial charge in [0.25, 0.3) is 0 Å². The molecule has 11 heavy (non-hydrogen) atoms. The van der Waals surface area contributed by atoms with E-state index in [0.717, 1.165) is 0 Å². The molecule has 0 spiro atoms. The molecule has 1 heterocycles. The topological polar surface area (TPSA) is 112 Å². The molecule has 0 aromatic heterocycles. The molecule has 0 atom stereocenters. The van der Waals surface area contributed by atoms with E-state index in [1.54, 1.807) is 0 Å². The van der Waals surface area contributed by atoms with Gasteiger partial charge in [-0.05, 0) is 0 Å². The predicted molar refractivity (Wildman–Crippen MR) is 22.7 cm³/mol. The zero-order valence-corrected chi connectivity index (χ0v) is 4.84. The van der Waals surface area contributed by atoms with Crippen molar-refractivity contribution in [3.05, 3.63) is 0 Å². The van der Waals surface area contributed by atoms with Gasteiger partial charge in [0.05, 0.1) is 0 Å². The average molecular weight is 166 g/mol. The number of carboxylic acid groups (broad SMARTS) is 2. The smallest absolute Gasteiger partial charge is 0.474 e. The third-order valence-electron chi connectivity index (χ3n) is 0.771. The molecule has 2 N–H and O–H groups in total. The van der Waals surface area contributed by atoms with Crippen molar-refractivity contribution in [2.45, 2.75) is 5.97 Å². The molecule has 1 rings (SSSR count). The van der Waals surface area contributed by atoms with E-state index in [4.69, 9.17) is 10.2 Å². The van der Waals surface area contributed by atoms with E-state index in [0.29, 0.717) is 0 Å². The minimum absolute atomic E-state index is 1.76. The molecule has 0 saturated carbocycles. The zero-order chi connectivity index (χ0) is 8.48. The summed E-state index contributed by atoms with van der Waals surface area (Å²) in [4.78, 5) is 27.5. The van der Waals surface area contributed by atoms with Gasteiger partial charge in [0.2, 0.25) is 0 Å². The lowest BCUT2D eigenvalue weighted by molar-refractivity contribution is -0.755. The van der Waals surface area contributed by atoms with Crippen molar-refractivity contribution >= 4 is 12.1 Å². The van der Waals surface area contributed by atoms with E-state index in [9.17, 15) is 9.59 Å². The molecule has 1 aliphatic rings. The van der Waals surface area contributed by atoms with E-state index in [2.05, 4.69) is 19.6 Å². The Morgan fingerprint density at radius 2 is 1.82 bits per heavy atom. The second-order valence-corrected chi connectivity index (χ2v) is 1.46. The van der Waals surface area contributed by atoms with Gasteiger partial charge in [-0.3, -0.25) is 0 Å². The normalized spacial score (nSPS) is 20.0. The lowest BCUT2D eigenvalue weighted by Gasteiger charge is -2.29. The average Bonchev–Trinajstić information content (AvgIpc) is 1.77. The molecule has 0 radical (unpaired) electrons. The first-order valence-corrected chi connectivity index (χ1v) is 2.26. The van der Waals surface area contributed by atoms with Crippen molar-refractivity contribution in [2.75, 3.05) is 0 Å². The predicted octanol–water partition coefficient (Wildman–Crippen LogP) is -0.687. The summed E-state index contributed by atoms with van der Waals surface area (Å²) in [5.41, 5.74) is 0. The highest BCUT2D eigenvalue weighted by Gasteiger charge is 2.58. The molecule has 0 aromatic carbocycles. The van der Waals surface area contributed by atoms with Crippen LogP contribution in [0.15, 0.2) is 0 Å². The lowest BCUT2D eigenvalue weighted by atomic mass is 10.6. The minimum atomic E-state index is -2.66. The second kappa shape index (κ2) is 2.34. The van der Waals surface area contributed by atoms with Crippen molar-refractivity contribution in [3.8, 4) is 0 Å². The SMILES string of the molecule is O=C(O)OC1(C(=O)O)OOO1. The molecular weight excluding hydrogens is 164 g/mol. The van der Waals surface area contributed by atoms with Crippen LogP contribution in [0, 0.1) is 0 Å². The molecule has 0 amide bonds. The Bertz CT molecular complexity index is 192. The van der Waals surface area contributed by atoms with Gasteiger partial charge in [-0.1, -0.05) is 5.04 Å². The fourth-order valence-corrected chi connectivity index (χ4v) is 0.360. The van der Waals surface area contributed by atoms with Crippen LogP contribution in [-0.4, -0.2) is 28.3 Å². The van der Waals surface area contributed by atoms with Gasteiger partial charge in [-0.15, -0.1) is 9.78 Å². The van der Waals surface area contributed by atoms with Crippen LogP contribution < -0.4 is 0 Å². The first kappa shape index (κ1) is 7.72. The highest BCUT2D eigenvalue weighted by atomic mass is 17.6. The van der Waals surface area contributed by atoms with Crippen molar-refractivity contribution in [1.82, 2.24) is 0 Å². The molecule has 0 unspecified atom stereocenters. The van der Waals surface area contributed by atoms with Crippen molar-refractivity contribution in [1.29, 1.82) is 0 Å². The van der Waals surface area contributed by atoms with Gasteiger partial charge in [0.15, 0.2) is 0 Å². The summed E-state index contributed by atoms with van der Waals surface area (Å²) < 4.78 is 3.68. The van der Waals surface area contributed by atoms with E-state index >= 15 is 0 Å². The Kier molecular flexibility index (Phi) is 1.64. The third kappa shape index (κ3) is 1.22. The van der Waals surface area contributed by atoms with Gasteiger partial charge in [0.1, 0.15) is 0 Å². The number of hydrogen-bond donors (Lipinski definition) is 2. The molecule has 0 aliphatic carbocycles. The Morgan fingerprint density at radius 1 is 1.27 bits per heavy atom. The summed E-state index contributed by atoms with van der Waals surface area (Å²) in [6, 6.07) is 0. The third-order valence-corrected chi connectivity index (χ3v) is 0.771. The van der Waals surface area contributed by atoms with Gasteiger partial charge in [-0.2, -0.15) is 0 Å². The molecule has 62 valence electrons. The standard InChI is InChI=1S/C3H2O8/c4-1(5)3(8-2(6)7)9-11-10-3/h(H,4,5)(H,6,7). The summed E-state index contributed by atoms with van der Waals surface area (Å²) in [5.74, 6) is -4.42. The van der Waals surface area contributed by atoms with Crippen LogP contribution in [0.1, 0.15) is 0 Å². The molecule has 8 nitrogen and oxygen atoms in total. The summed E-state index contributed by atoms with van der Waals surface area (Å²) in [5, 5.41) is 19.7. The molecule has 0 bridgehead atoms. The van der Waals surface area contributed by atoms with E-state index in [-0.39, 0.29) is 0 Å². The molecular formula is C3H2O8.